The second-order valence-electron chi connectivity index (χ2n) is 10.5. The van der Waals surface area contributed by atoms with E-state index in [1.165, 1.54) is 42.8 Å². The largest absolute Gasteiger partial charge is 0.496 e. The van der Waals surface area contributed by atoms with E-state index in [4.69, 9.17) is 4.74 Å². The zero-order valence-corrected chi connectivity index (χ0v) is 19.7. The molecule has 0 aromatic heterocycles. The van der Waals surface area contributed by atoms with Gasteiger partial charge in [0.2, 0.25) is 0 Å². The van der Waals surface area contributed by atoms with Crippen molar-refractivity contribution in [2.75, 3.05) is 18.0 Å². The highest BCUT2D eigenvalue weighted by Crippen LogP contribution is 2.55. The molecule has 6 nitrogen and oxygen atoms in total. The van der Waals surface area contributed by atoms with Gasteiger partial charge in [0.05, 0.1) is 23.3 Å². The minimum absolute atomic E-state index is 0.121. The van der Waals surface area contributed by atoms with Gasteiger partial charge in [0.25, 0.3) is 15.9 Å². The monoisotopic (exact) mass is 466 g/mol. The van der Waals surface area contributed by atoms with Gasteiger partial charge in [-0.15, -0.1) is 0 Å². The van der Waals surface area contributed by atoms with Gasteiger partial charge in [-0.1, -0.05) is 18.2 Å². The average molecular weight is 467 g/mol. The summed E-state index contributed by atoms with van der Waals surface area (Å²) in [5.74, 6) is 2.30. The standard InChI is InChI=1S/C26H30N2O4S/c1-32-24-7-6-21(33(30,31)28-9-8-20-4-2-3-5-23(20)28)13-22(24)25(29)27-26-14-17-10-18(15-26)12-19(11-17)16-26/h2-7,13,17-19H,8-12,14-16H2,1H3,(H,27,29). The molecule has 0 unspecified atom stereocenters. The number of anilines is 1. The number of hydrogen-bond donors (Lipinski definition) is 1. The Labute approximate surface area is 195 Å². The summed E-state index contributed by atoms with van der Waals surface area (Å²) in [5.41, 5.74) is 1.88. The SMILES string of the molecule is COc1ccc(S(=O)(=O)N2CCc3ccccc32)cc1C(=O)NC12CC3CC(CC(C3)C1)C2. The van der Waals surface area contributed by atoms with E-state index in [0.717, 1.165) is 24.8 Å². The van der Waals surface area contributed by atoms with Crippen molar-refractivity contribution < 1.29 is 17.9 Å². The third-order valence-corrected chi connectivity index (χ3v) is 10.1. The second-order valence-corrected chi connectivity index (χ2v) is 12.3. The molecule has 4 aliphatic carbocycles. The van der Waals surface area contributed by atoms with Crippen LogP contribution in [0.5, 0.6) is 5.75 Å². The summed E-state index contributed by atoms with van der Waals surface area (Å²) in [4.78, 5) is 13.6. The lowest BCUT2D eigenvalue weighted by molar-refractivity contribution is -0.0167. The van der Waals surface area contributed by atoms with Crippen molar-refractivity contribution in [1.29, 1.82) is 0 Å². The van der Waals surface area contributed by atoms with Crippen LogP contribution in [0.2, 0.25) is 0 Å². The second kappa shape index (κ2) is 7.49. The first-order valence-electron chi connectivity index (χ1n) is 12.0. The fourth-order valence-corrected chi connectivity index (χ4v) is 8.81. The van der Waals surface area contributed by atoms with Gasteiger partial charge in [0.1, 0.15) is 5.75 Å². The van der Waals surface area contributed by atoms with Crippen molar-refractivity contribution in [3.8, 4) is 5.75 Å². The zero-order valence-electron chi connectivity index (χ0n) is 18.9. The van der Waals surface area contributed by atoms with Crippen molar-refractivity contribution in [2.24, 2.45) is 17.8 Å². The third-order valence-electron chi connectivity index (χ3n) is 8.27. The fraction of sp³-hybridized carbons (Fsp3) is 0.500. The molecule has 1 heterocycles. The number of carbonyl (C=O) groups excluding carboxylic acids is 1. The Hall–Kier alpha value is -2.54. The van der Waals surface area contributed by atoms with E-state index < -0.39 is 10.0 Å². The fourth-order valence-electron chi connectivity index (χ4n) is 7.28. The number of ether oxygens (including phenoxy) is 1. The molecule has 2 aromatic rings. The molecule has 0 saturated heterocycles. The molecular formula is C26H30N2O4S. The molecule has 1 amide bonds. The van der Waals surface area contributed by atoms with Crippen LogP contribution in [-0.4, -0.2) is 33.5 Å². The molecule has 1 N–H and O–H groups in total. The maximum Gasteiger partial charge on any atom is 0.264 e. The Morgan fingerprint density at radius 2 is 1.70 bits per heavy atom. The Kier molecular flexibility index (Phi) is 4.77. The Balaban J connectivity index is 1.31. The quantitative estimate of drug-likeness (QED) is 0.719. The van der Waals surface area contributed by atoms with Crippen molar-refractivity contribution in [2.45, 2.75) is 55.4 Å². The van der Waals surface area contributed by atoms with Gasteiger partial charge < -0.3 is 10.1 Å². The number of para-hydroxylation sites is 1. The number of hydrogen-bond acceptors (Lipinski definition) is 4. The number of nitrogens with one attached hydrogen (secondary N) is 1. The molecule has 5 aliphatic rings. The van der Waals surface area contributed by atoms with Gasteiger partial charge in [-0.3, -0.25) is 9.10 Å². The van der Waals surface area contributed by atoms with E-state index in [1.54, 1.807) is 6.07 Å². The molecule has 0 radical (unpaired) electrons. The van der Waals surface area contributed by atoms with Crippen LogP contribution < -0.4 is 14.4 Å². The van der Waals surface area contributed by atoms with Crippen LogP contribution in [0.3, 0.4) is 0 Å². The molecular weight excluding hydrogens is 436 g/mol. The lowest BCUT2D eigenvalue weighted by Gasteiger charge is -2.56. The number of methoxy groups -OCH3 is 1. The van der Waals surface area contributed by atoms with E-state index >= 15 is 0 Å². The van der Waals surface area contributed by atoms with Crippen molar-refractivity contribution in [3.63, 3.8) is 0 Å². The van der Waals surface area contributed by atoms with E-state index in [9.17, 15) is 13.2 Å². The number of amides is 1. The van der Waals surface area contributed by atoms with Gasteiger partial charge in [0.15, 0.2) is 0 Å². The molecule has 4 fully saturated rings. The summed E-state index contributed by atoms with van der Waals surface area (Å²) in [6, 6.07) is 12.2. The van der Waals surface area contributed by atoms with Gasteiger partial charge in [-0.25, -0.2) is 8.42 Å². The summed E-state index contributed by atoms with van der Waals surface area (Å²) in [6.07, 6.45) is 7.68. The molecule has 4 saturated carbocycles. The Morgan fingerprint density at radius 3 is 2.36 bits per heavy atom. The molecule has 7 rings (SSSR count). The predicted octanol–water partition coefficient (Wildman–Crippen LogP) is 4.15. The van der Waals surface area contributed by atoms with Crippen molar-refractivity contribution in [3.05, 3.63) is 53.6 Å². The first kappa shape index (κ1) is 21.0. The summed E-state index contributed by atoms with van der Waals surface area (Å²) >= 11 is 0. The van der Waals surface area contributed by atoms with E-state index in [1.807, 2.05) is 24.3 Å². The minimum atomic E-state index is -3.79. The highest BCUT2D eigenvalue weighted by Gasteiger charge is 2.51. The molecule has 4 bridgehead atoms. The molecule has 7 heteroatoms. The van der Waals surface area contributed by atoms with E-state index in [0.29, 0.717) is 47.7 Å². The maximum atomic E-state index is 13.5. The molecule has 33 heavy (non-hydrogen) atoms. The Morgan fingerprint density at radius 1 is 1.03 bits per heavy atom. The number of benzene rings is 2. The van der Waals surface area contributed by atoms with Crippen LogP contribution >= 0.6 is 0 Å². The number of rotatable bonds is 5. The lowest BCUT2D eigenvalue weighted by Crippen LogP contribution is -2.59. The minimum Gasteiger partial charge on any atom is -0.496 e. The van der Waals surface area contributed by atoms with Gasteiger partial charge in [0, 0.05) is 12.1 Å². The van der Waals surface area contributed by atoms with Crippen LogP contribution in [0.15, 0.2) is 47.4 Å². The van der Waals surface area contributed by atoms with Gasteiger partial charge in [-0.2, -0.15) is 0 Å². The summed E-state index contributed by atoms with van der Waals surface area (Å²) in [6.45, 7) is 0.405. The zero-order chi connectivity index (χ0) is 22.8. The number of carbonyl (C=O) groups is 1. The van der Waals surface area contributed by atoms with Gasteiger partial charge in [-0.05, 0) is 92.5 Å². The average Bonchev–Trinajstić information content (AvgIpc) is 3.22. The summed E-state index contributed by atoms with van der Waals surface area (Å²) < 4.78 is 34.0. The first-order chi connectivity index (χ1) is 15.9. The summed E-state index contributed by atoms with van der Waals surface area (Å²) in [7, 11) is -2.27. The van der Waals surface area contributed by atoms with Crippen LogP contribution in [0, 0.1) is 17.8 Å². The highest BCUT2D eigenvalue weighted by molar-refractivity contribution is 7.92. The Bertz CT molecular complexity index is 1190. The van der Waals surface area contributed by atoms with E-state index in [2.05, 4.69) is 5.32 Å². The molecule has 0 atom stereocenters. The van der Waals surface area contributed by atoms with Crippen LogP contribution in [0.25, 0.3) is 0 Å². The normalized spacial score (nSPS) is 29.7. The molecule has 174 valence electrons. The highest BCUT2D eigenvalue weighted by atomic mass is 32.2. The number of sulfonamides is 1. The maximum absolute atomic E-state index is 13.5. The van der Waals surface area contributed by atoms with Crippen LogP contribution in [-0.2, 0) is 16.4 Å². The molecule has 2 aromatic carbocycles. The van der Waals surface area contributed by atoms with Crippen molar-refractivity contribution in [1.82, 2.24) is 5.32 Å². The summed E-state index contributed by atoms with van der Waals surface area (Å²) in [5, 5.41) is 3.35. The van der Waals surface area contributed by atoms with Crippen molar-refractivity contribution >= 4 is 21.6 Å². The van der Waals surface area contributed by atoms with Crippen LogP contribution in [0.1, 0.15) is 54.4 Å². The molecule has 1 aliphatic heterocycles. The smallest absolute Gasteiger partial charge is 0.264 e. The van der Waals surface area contributed by atoms with Crippen LogP contribution in [0.4, 0.5) is 5.69 Å². The lowest BCUT2D eigenvalue weighted by atomic mass is 9.53. The molecule has 0 spiro atoms. The topological polar surface area (TPSA) is 75.7 Å². The number of nitrogens with zero attached hydrogens (tertiary/aromatic N) is 1. The van der Waals surface area contributed by atoms with Gasteiger partial charge >= 0.3 is 0 Å². The predicted molar refractivity (Wildman–Crippen MR) is 126 cm³/mol. The number of fused-ring (bicyclic) bond motifs is 1. The first-order valence-corrected chi connectivity index (χ1v) is 13.4. The third kappa shape index (κ3) is 3.43. The van der Waals surface area contributed by atoms with E-state index in [-0.39, 0.29) is 16.3 Å².